The highest BCUT2D eigenvalue weighted by Crippen LogP contribution is 2.37. The summed E-state index contributed by atoms with van der Waals surface area (Å²) in [6.07, 6.45) is 2.69. The number of thioether (sulfide) groups is 1. The third-order valence-corrected chi connectivity index (χ3v) is 6.22. The quantitative estimate of drug-likeness (QED) is 0.440. The Morgan fingerprint density at radius 2 is 2.07 bits per heavy atom. The minimum atomic E-state index is -0.168. The number of rotatable bonds is 8. The predicted octanol–water partition coefficient (Wildman–Crippen LogP) is 4.04. The number of aliphatic hydroxyl groups excluding tert-OH is 1. The van der Waals surface area contributed by atoms with E-state index in [0.29, 0.717) is 12.2 Å². The van der Waals surface area contributed by atoms with Crippen LogP contribution < -0.4 is 5.32 Å². The lowest BCUT2D eigenvalue weighted by Gasteiger charge is -2.13. The van der Waals surface area contributed by atoms with Gasteiger partial charge in [-0.25, -0.2) is 9.97 Å². The number of carbonyl (C=O) groups is 1. The first kappa shape index (κ1) is 19.8. The Kier molecular flexibility index (Phi) is 6.82. The zero-order valence-electron chi connectivity index (χ0n) is 15.4. The standard InChI is InChI=1S/C20H23N3O2S2/c1-3-15(10-24)23-17(25)8-9-26-19-18-16(11-27-20(18)22-12-21-19)14-6-4-13(2)5-7-14/h4-7,11-12,15,24H,3,8-10H2,1-2H3,(H,23,25). The van der Waals surface area contributed by atoms with Crippen LogP contribution in [0.5, 0.6) is 0 Å². The molecule has 0 fully saturated rings. The maximum absolute atomic E-state index is 12.0. The lowest BCUT2D eigenvalue weighted by atomic mass is 10.1. The molecule has 0 saturated heterocycles. The second-order valence-electron chi connectivity index (χ2n) is 6.33. The molecule has 2 heterocycles. The first-order valence-corrected chi connectivity index (χ1v) is 10.8. The van der Waals surface area contributed by atoms with Crippen LogP contribution in [0.1, 0.15) is 25.3 Å². The number of nitrogens with zero attached hydrogens (tertiary/aromatic N) is 2. The van der Waals surface area contributed by atoms with Crippen LogP contribution in [0.25, 0.3) is 21.3 Å². The van der Waals surface area contributed by atoms with Crippen molar-refractivity contribution >= 4 is 39.2 Å². The molecule has 3 rings (SSSR count). The number of hydrogen-bond acceptors (Lipinski definition) is 6. The van der Waals surface area contributed by atoms with Crippen molar-refractivity contribution in [1.29, 1.82) is 0 Å². The van der Waals surface area contributed by atoms with Crippen molar-refractivity contribution in [1.82, 2.24) is 15.3 Å². The van der Waals surface area contributed by atoms with Gasteiger partial charge in [0.05, 0.1) is 18.0 Å². The summed E-state index contributed by atoms with van der Waals surface area (Å²) in [7, 11) is 0. The molecule has 1 unspecified atom stereocenters. The minimum Gasteiger partial charge on any atom is -0.394 e. The average Bonchev–Trinajstić information content (AvgIpc) is 3.12. The van der Waals surface area contributed by atoms with Gasteiger partial charge in [0.25, 0.3) is 0 Å². The monoisotopic (exact) mass is 401 g/mol. The molecule has 0 bridgehead atoms. The summed E-state index contributed by atoms with van der Waals surface area (Å²) in [4.78, 5) is 21.8. The van der Waals surface area contributed by atoms with Crippen LogP contribution in [0.3, 0.4) is 0 Å². The number of amides is 1. The Bertz CT molecular complexity index is 905. The van der Waals surface area contributed by atoms with Crippen LogP contribution in [-0.4, -0.2) is 39.4 Å². The third kappa shape index (κ3) is 4.86. The smallest absolute Gasteiger partial charge is 0.221 e. The molecule has 7 heteroatoms. The first-order chi connectivity index (χ1) is 13.1. The Labute approximate surface area is 167 Å². The van der Waals surface area contributed by atoms with Crippen LogP contribution in [0.2, 0.25) is 0 Å². The van der Waals surface area contributed by atoms with E-state index in [4.69, 9.17) is 0 Å². The molecule has 5 nitrogen and oxygen atoms in total. The minimum absolute atomic E-state index is 0.0310. The zero-order valence-corrected chi connectivity index (χ0v) is 17.1. The molecule has 0 aliphatic carbocycles. The van der Waals surface area contributed by atoms with Gasteiger partial charge in [-0.1, -0.05) is 36.8 Å². The van der Waals surface area contributed by atoms with Crippen molar-refractivity contribution in [2.24, 2.45) is 0 Å². The molecule has 3 aromatic rings. The normalized spacial score (nSPS) is 12.3. The Morgan fingerprint density at radius 3 is 2.78 bits per heavy atom. The number of aromatic nitrogens is 2. The van der Waals surface area contributed by atoms with E-state index in [0.717, 1.165) is 32.8 Å². The molecular formula is C20H23N3O2S2. The summed E-state index contributed by atoms with van der Waals surface area (Å²) < 4.78 is 0. The van der Waals surface area contributed by atoms with E-state index in [1.165, 1.54) is 5.56 Å². The largest absolute Gasteiger partial charge is 0.394 e. The third-order valence-electron chi connectivity index (χ3n) is 4.34. The molecular weight excluding hydrogens is 378 g/mol. The van der Waals surface area contributed by atoms with Gasteiger partial charge < -0.3 is 10.4 Å². The average molecular weight is 402 g/mol. The van der Waals surface area contributed by atoms with E-state index in [9.17, 15) is 9.90 Å². The van der Waals surface area contributed by atoms with E-state index in [2.05, 4.69) is 51.9 Å². The Morgan fingerprint density at radius 1 is 1.30 bits per heavy atom. The van der Waals surface area contributed by atoms with Crippen LogP contribution in [0.15, 0.2) is 41.0 Å². The van der Waals surface area contributed by atoms with Crippen LogP contribution in [0, 0.1) is 6.92 Å². The van der Waals surface area contributed by atoms with E-state index < -0.39 is 0 Å². The number of thiophene rings is 1. The van der Waals surface area contributed by atoms with Crippen molar-refractivity contribution in [3.05, 3.63) is 41.5 Å². The summed E-state index contributed by atoms with van der Waals surface area (Å²) in [5, 5.41) is 16.1. The summed E-state index contributed by atoms with van der Waals surface area (Å²) in [6.45, 7) is 3.98. The molecule has 1 aromatic carbocycles. The molecule has 0 saturated carbocycles. The Hall–Kier alpha value is -1.96. The van der Waals surface area contributed by atoms with Gasteiger partial charge in [-0.3, -0.25) is 4.79 Å². The van der Waals surface area contributed by atoms with Gasteiger partial charge >= 0.3 is 0 Å². The second kappa shape index (κ2) is 9.30. The summed E-state index contributed by atoms with van der Waals surface area (Å²) in [6, 6.07) is 8.27. The number of nitrogens with one attached hydrogen (secondary N) is 1. The molecule has 2 aromatic heterocycles. The highest BCUT2D eigenvalue weighted by Gasteiger charge is 2.14. The highest BCUT2D eigenvalue weighted by molar-refractivity contribution is 7.99. The van der Waals surface area contributed by atoms with Gasteiger partial charge in [0.15, 0.2) is 0 Å². The van der Waals surface area contributed by atoms with Crippen LogP contribution in [-0.2, 0) is 4.79 Å². The fourth-order valence-electron chi connectivity index (χ4n) is 2.72. The van der Waals surface area contributed by atoms with Gasteiger partial charge in [0, 0.05) is 23.1 Å². The van der Waals surface area contributed by atoms with Crippen molar-refractivity contribution in [2.45, 2.75) is 37.8 Å². The van der Waals surface area contributed by atoms with Crippen LogP contribution in [0.4, 0.5) is 0 Å². The molecule has 142 valence electrons. The zero-order chi connectivity index (χ0) is 19.2. The van der Waals surface area contributed by atoms with Gasteiger partial charge in [-0.2, -0.15) is 0 Å². The molecule has 2 N–H and O–H groups in total. The molecule has 1 amide bonds. The number of carbonyl (C=O) groups excluding carboxylic acids is 1. The van der Waals surface area contributed by atoms with Gasteiger partial charge in [0.2, 0.25) is 5.91 Å². The molecule has 0 radical (unpaired) electrons. The fourth-order valence-corrected chi connectivity index (χ4v) is 4.65. The van der Waals surface area contributed by atoms with Crippen molar-refractivity contribution in [3.8, 4) is 11.1 Å². The molecule has 0 spiro atoms. The number of hydrogen-bond donors (Lipinski definition) is 2. The lowest BCUT2D eigenvalue weighted by Crippen LogP contribution is -2.37. The predicted molar refractivity (Wildman–Crippen MR) is 112 cm³/mol. The van der Waals surface area contributed by atoms with Crippen LogP contribution >= 0.6 is 23.1 Å². The van der Waals surface area contributed by atoms with E-state index in [1.807, 2.05) is 6.92 Å². The van der Waals surface area contributed by atoms with E-state index >= 15 is 0 Å². The first-order valence-electron chi connectivity index (χ1n) is 8.94. The van der Waals surface area contributed by atoms with Crippen molar-refractivity contribution < 1.29 is 9.90 Å². The summed E-state index contributed by atoms with van der Waals surface area (Å²) in [5.74, 6) is 0.584. The summed E-state index contributed by atoms with van der Waals surface area (Å²) in [5.41, 5.74) is 3.51. The van der Waals surface area contributed by atoms with Gasteiger partial charge in [-0.15, -0.1) is 23.1 Å². The maximum atomic E-state index is 12.0. The second-order valence-corrected chi connectivity index (χ2v) is 8.27. The van der Waals surface area contributed by atoms with Gasteiger partial charge in [0.1, 0.15) is 16.2 Å². The number of aliphatic hydroxyl groups is 1. The van der Waals surface area contributed by atoms with Crippen molar-refractivity contribution in [2.75, 3.05) is 12.4 Å². The maximum Gasteiger partial charge on any atom is 0.221 e. The van der Waals surface area contributed by atoms with Crippen molar-refractivity contribution in [3.63, 3.8) is 0 Å². The lowest BCUT2D eigenvalue weighted by molar-refractivity contribution is -0.121. The molecule has 0 aliphatic rings. The topological polar surface area (TPSA) is 75.1 Å². The Balaban J connectivity index is 1.74. The SMILES string of the molecule is CCC(CO)NC(=O)CCSc1ncnc2scc(-c3ccc(C)cc3)c12. The number of benzene rings is 1. The van der Waals surface area contributed by atoms with E-state index in [-0.39, 0.29) is 18.6 Å². The molecule has 1 atom stereocenters. The number of aryl methyl sites for hydroxylation is 1. The van der Waals surface area contributed by atoms with E-state index in [1.54, 1.807) is 29.4 Å². The number of fused-ring (bicyclic) bond motifs is 1. The summed E-state index contributed by atoms with van der Waals surface area (Å²) >= 11 is 3.18. The van der Waals surface area contributed by atoms with Gasteiger partial charge in [-0.05, 0) is 18.9 Å². The molecule has 0 aliphatic heterocycles. The highest BCUT2D eigenvalue weighted by atomic mass is 32.2. The molecule has 27 heavy (non-hydrogen) atoms. The fraction of sp³-hybridized carbons (Fsp3) is 0.350.